The van der Waals surface area contributed by atoms with Crippen molar-refractivity contribution in [3.05, 3.63) is 94.6 Å². The number of amides is 3. The van der Waals surface area contributed by atoms with Gasteiger partial charge in [0.25, 0.3) is 5.91 Å². The Morgan fingerprint density at radius 2 is 1.88 bits per heavy atom. The van der Waals surface area contributed by atoms with Crippen molar-refractivity contribution >= 4 is 24.0 Å². The van der Waals surface area contributed by atoms with E-state index >= 15 is 0 Å². The van der Waals surface area contributed by atoms with Crippen molar-refractivity contribution in [3.63, 3.8) is 0 Å². The number of nitriles is 1. The molecule has 0 atom stereocenters. The molecule has 0 aliphatic carbocycles. The zero-order valence-electron chi connectivity index (χ0n) is 18.1. The number of imide groups is 1. The Bertz CT molecular complexity index is 1330. The highest BCUT2D eigenvalue weighted by atomic mass is 16.5. The second-order valence-corrected chi connectivity index (χ2v) is 7.23. The van der Waals surface area contributed by atoms with E-state index in [-0.39, 0.29) is 30.4 Å². The molecule has 9 nitrogen and oxygen atoms in total. The first kappa shape index (κ1) is 22.4. The number of methoxy groups -OCH3 is 1. The number of hydrogen-bond donors (Lipinski definition) is 1. The highest BCUT2D eigenvalue weighted by Gasteiger charge is 2.34. The minimum Gasteiger partial charge on any atom is -0.488 e. The van der Waals surface area contributed by atoms with Gasteiger partial charge in [-0.2, -0.15) is 5.26 Å². The summed E-state index contributed by atoms with van der Waals surface area (Å²) >= 11 is 0. The molecule has 0 radical (unpaired) electrons. The number of rotatable bonds is 7. The quantitative estimate of drug-likeness (QED) is 0.327. The van der Waals surface area contributed by atoms with Crippen LogP contribution in [0.5, 0.6) is 5.75 Å². The second-order valence-electron chi connectivity index (χ2n) is 7.23. The number of nitrogens with zero attached hydrogens (tertiary/aromatic N) is 2. The zero-order valence-corrected chi connectivity index (χ0v) is 18.1. The molecule has 0 bridgehead atoms. The molecule has 1 aliphatic heterocycles. The second kappa shape index (κ2) is 9.75. The minimum absolute atomic E-state index is 0.0237. The van der Waals surface area contributed by atoms with Crippen LogP contribution in [0.15, 0.2) is 70.8 Å². The van der Waals surface area contributed by atoms with Gasteiger partial charge in [0.05, 0.1) is 25.3 Å². The first-order chi connectivity index (χ1) is 16.5. The lowest BCUT2D eigenvalue weighted by molar-refractivity contribution is -0.123. The molecule has 2 aromatic carbocycles. The molecule has 1 N–H and O–H groups in total. The Morgan fingerprint density at radius 3 is 2.68 bits per heavy atom. The lowest BCUT2D eigenvalue weighted by Crippen LogP contribution is -2.30. The topological polar surface area (TPSA) is 122 Å². The molecule has 2 heterocycles. The molecule has 9 heteroatoms. The van der Waals surface area contributed by atoms with Crippen LogP contribution in [0.2, 0.25) is 0 Å². The summed E-state index contributed by atoms with van der Waals surface area (Å²) in [5, 5.41) is 11.8. The first-order valence-corrected chi connectivity index (χ1v) is 10.2. The predicted molar refractivity (Wildman–Crippen MR) is 119 cm³/mol. The molecule has 1 aliphatic rings. The maximum atomic E-state index is 12.9. The van der Waals surface area contributed by atoms with Crippen LogP contribution in [-0.4, -0.2) is 29.9 Å². The number of hydrogen-bond acceptors (Lipinski definition) is 7. The monoisotopic (exact) mass is 457 g/mol. The fourth-order valence-electron chi connectivity index (χ4n) is 3.34. The van der Waals surface area contributed by atoms with Crippen LogP contribution >= 0.6 is 0 Å². The molecule has 0 spiro atoms. The molecule has 1 fully saturated rings. The highest BCUT2D eigenvalue weighted by Crippen LogP contribution is 2.25. The maximum absolute atomic E-state index is 12.9. The van der Waals surface area contributed by atoms with E-state index in [4.69, 9.17) is 9.15 Å². The summed E-state index contributed by atoms with van der Waals surface area (Å²) in [6, 6.07) is 18.6. The molecule has 0 saturated carbocycles. The lowest BCUT2D eigenvalue weighted by atomic mass is 10.1. The Labute approximate surface area is 194 Å². The van der Waals surface area contributed by atoms with Crippen LogP contribution < -0.4 is 10.1 Å². The van der Waals surface area contributed by atoms with Crippen LogP contribution in [0.3, 0.4) is 0 Å². The molecule has 3 aromatic rings. The van der Waals surface area contributed by atoms with E-state index in [9.17, 15) is 19.6 Å². The highest BCUT2D eigenvalue weighted by molar-refractivity contribution is 6.14. The van der Waals surface area contributed by atoms with E-state index in [1.54, 1.807) is 42.5 Å². The summed E-state index contributed by atoms with van der Waals surface area (Å²) < 4.78 is 15.8. The third-order valence-corrected chi connectivity index (χ3v) is 5.06. The van der Waals surface area contributed by atoms with Crippen molar-refractivity contribution < 1.29 is 28.3 Å². The Morgan fingerprint density at radius 1 is 1.12 bits per heavy atom. The van der Waals surface area contributed by atoms with E-state index < -0.39 is 17.9 Å². The van der Waals surface area contributed by atoms with Gasteiger partial charge in [-0.15, -0.1) is 0 Å². The molecule has 3 amide bonds. The van der Waals surface area contributed by atoms with Gasteiger partial charge in [-0.25, -0.2) is 9.59 Å². The molecule has 34 heavy (non-hydrogen) atoms. The fourth-order valence-corrected chi connectivity index (χ4v) is 3.34. The van der Waals surface area contributed by atoms with E-state index in [0.717, 1.165) is 10.5 Å². The summed E-state index contributed by atoms with van der Waals surface area (Å²) in [5.74, 6) is -0.491. The fraction of sp³-hybridized carbons (Fsp3) is 0.120. The lowest BCUT2D eigenvalue weighted by Gasteiger charge is -2.11. The summed E-state index contributed by atoms with van der Waals surface area (Å²) in [6.45, 7) is 0.0134. The van der Waals surface area contributed by atoms with Crippen molar-refractivity contribution in [3.8, 4) is 11.8 Å². The number of esters is 1. The molecular weight excluding hydrogens is 438 g/mol. The predicted octanol–water partition coefficient (Wildman–Crippen LogP) is 3.61. The molecule has 1 saturated heterocycles. The number of urea groups is 1. The van der Waals surface area contributed by atoms with Crippen LogP contribution in [0, 0.1) is 11.3 Å². The minimum atomic E-state index is -0.655. The van der Waals surface area contributed by atoms with Gasteiger partial charge in [-0.1, -0.05) is 36.4 Å². The van der Waals surface area contributed by atoms with Crippen molar-refractivity contribution in [2.45, 2.75) is 13.2 Å². The van der Waals surface area contributed by atoms with Crippen molar-refractivity contribution in [2.24, 2.45) is 0 Å². The van der Waals surface area contributed by atoms with E-state index in [2.05, 4.69) is 16.1 Å². The summed E-state index contributed by atoms with van der Waals surface area (Å²) in [4.78, 5) is 37.8. The molecule has 4 rings (SSSR count). The maximum Gasteiger partial charge on any atom is 0.373 e. The summed E-state index contributed by atoms with van der Waals surface area (Å²) in [5.41, 5.74) is 1.89. The molecule has 0 unspecified atom stereocenters. The standard InChI is InChI=1S/C25H19N3O6/c1-32-24(30)22-11-10-19(34-22)14-28-23(29)20(27-25(28)31)12-16-6-4-5-9-21(16)33-15-18-8-3-2-7-17(18)13-26/h2-12H,14-15H2,1H3,(H,27,31). The summed E-state index contributed by atoms with van der Waals surface area (Å²) in [7, 11) is 1.23. The van der Waals surface area contributed by atoms with Gasteiger partial charge in [0.15, 0.2) is 0 Å². The van der Waals surface area contributed by atoms with Crippen LogP contribution in [0.4, 0.5) is 4.79 Å². The van der Waals surface area contributed by atoms with Crippen LogP contribution in [-0.2, 0) is 22.7 Å². The van der Waals surface area contributed by atoms with Crippen molar-refractivity contribution in [2.75, 3.05) is 7.11 Å². The Hall–Kier alpha value is -4.84. The van der Waals surface area contributed by atoms with Gasteiger partial charge >= 0.3 is 12.0 Å². The number of carbonyl (C=O) groups is 3. The van der Waals surface area contributed by atoms with E-state index in [1.807, 2.05) is 6.07 Å². The first-order valence-electron chi connectivity index (χ1n) is 10.2. The van der Waals surface area contributed by atoms with Gasteiger partial charge < -0.3 is 19.2 Å². The zero-order chi connectivity index (χ0) is 24.1. The van der Waals surface area contributed by atoms with Gasteiger partial charge in [0.2, 0.25) is 5.76 Å². The van der Waals surface area contributed by atoms with Gasteiger partial charge in [0, 0.05) is 11.1 Å². The SMILES string of the molecule is COC(=O)c1ccc(CN2C(=O)NC(=Cc3ccccc3OCc3ccccc3C#N)C2=O)o1. The average Bonchev–Trinajstić information content (AvgIpc) is 3.43. The van der Waals surface area contributed by atoms with Crippen LogP contribution in [0.25, 0.3) is 6.08 Å². The van der Waals surface area contributed by atoms with Crippen molar-refractivity contribution in [1.29, 1.82) is 5.26 Å². The van der Waals surface area contributed by atoms with Gasteiger partial charge in [-0.05, 0) is 30.3 Å². The third kappa shape index (κ3) is 4.66. The Kier molecular flexibility index (Phi) is 6.41. The number of nitrogens with one attached hydrogen (secondary N) is 1. The number of benzene rings is 2. The third-order valence-electron chi connectivity index (χ3n) is 5.06. The average molecular weight is 457 g/mol. The molecular formula is C25H19N3O6. The van der Waals surface area contributed by atoms with Gasteiger partial charge in [0.1, 0.15) is 23.8 Å². The normalized spacial score (nSPS) is 14.1. The molecule has 1 aromatic heterocycles. The van der Waals surface area contributed by atoms with Gasteiger partial charge in [-0.3, -0.25) is 9.69 Å². The van der Waals surface area contributed by atoms with Crippen LogP contribution in [0.1, 0.15) is 33.0 Å². The Balaban J connectivity index is 1.51. The van der Waals surface area contributed by atoms with Crippen molar-refractivity contribution in [1.82, 2.24) is 10.2 Å². The molecule has 170 valence electrons. The van der Waals surface area contributed by atoms with E-state index in [0.29, 0.717) is 16.9 Å². The number of furan rings is 1. The summed E-state index contributed by atoms with van der Waals surface area (Å²) in [6.07, 6.45) is 1.52. The number of carbonyl (C=O) groups excluding carboxylic acids is 3. The number of ether oxygens (including phenoxy) is 2. The van der Waals surface area contributed by atoms with E-state index in [1.165, 1.54) is 25.3 Å². The number of para-hydroxylation sites is 1. The smallest absolute Gasteiger partial charge is 0.373 e. The largest absolute Gasteiger partial charge is 0.488 e.